The first-order chi connectivity index (χ1) is 8.58. The highest BCUT2D eigenvalue weighted by molar-refractivity contribution is 5.99. The minimum Gasteiger partial charge on any atom is -0.383 e. The van der Waals surface area contributed by atoms with Crippen molar-refractivity contribution in [2.24, 2.45) is 10.7 Å². The van der Waals surface area contributed by atoms with E-state index < -0.39 is 23.1 Å². The van der Waals surface area contributed by atoms with Crippen LogP contribution in [0.3, 0.4) is 0 Å². The molecule has 0 saturated carbocycles. The van der Waals surface area contributed by atoms with Crippen LogP contribution in [-0.4, -0.2) is 5.84 Å². The Morgan fingerprint density at radius 3 is 2.06 bits per heavy atom. The highest BCUT2D eigenvalue weighted by Crippen LogP contribution is 2.23. The highest BCUT2D eigenvalue weighted by atomic mass is 19.1. The van der Waals surface area contributed by atoms with Crippen molar-refractivity contribution in [2.75, 3.05) is 0 Å². The molecular weight excluding hydrogens is 241 g/mol. The molecule has 2 aromatic rings. The normalized spacial score (nSPS) is 11.6. The maximum absolute atomic E-state index is 13.3. The van der Waals surface area contributed by atoms with Gasteiger partial charge in [-0.2, -0.15) is 0 Å². The molecule has 0 aliphatic carbocycles. The predicted molar refractivity (Wildman–Crippen MR) is 63.1 cm³/mol. The molecule has 0 aromatic heterocycles. The summed E-state index contributed by atoms with van der Waals surface area (Å²) in [5, 5.41) is 0. The Bertz CT molecular complexity index is 571. The van der Waals surface area contributed by atoms with Gasteiger partial charge in [0.25, 0.3) is 0 Å². The van der Waals surface area contributed by atoms with Crippen LogP contribution in [0.25, 0.3) is 0 Å². The predicted octanol–water partition coefficient (Wildman–Crippen LogP) is 3.14. The molecule has 0 bridgehead atoms. The number of halogens is 3. The minimum atomic E-state index is -1.09. The summed E-state index contributed by atoms with van der Waals surface area (Å²) in [6.07, 6.45) is 0. The zero-order valence-corrected chi connectivity index (χ0v) is 9.20. The van der Waals surface area contributed by atoms with Gasteiger partial charge in [0.2, 0.25) is 0 Å². The second-order valence-electron chi connectivity index (χ2n) is 3.58. The standard InChI is InChI=1S/C13H9F3N2/c14-9-6-10(15)12(11(16)7-9)18-13(17)8-4-2-1-3-5-8/h1-7H,(H2,17,18). The van der Waals surface area contributed by atoms with Gasteiger partial charge >= 0.3 is 0 Å². The molecule has 0 aliphatic heterocycles. The largest absolute Gasteiger partial charge is 0.383 e. The number of hydrogen-bond acceptors (Lipinski definition) is 1. The Kier molecular flexibility index (Phi) is 3.32. The van der Waals surface area contributed by atoms with E-state index in [0.717, 1.165) is 0 Å². The van der Waals surface area contributed by atoms with E-state index in [4.69, 9.17) is 5.73 Å². The van der Waals surface area contributed by atoms with Crippen LogP contribution in [0.5, 0.6) is 0 Å². The van der Waals surface area contributed by atoms with E-state index in [1.54, 1.807) is 30.3 Å². The Labute approximate surface area is 102 Å². The monoisotopic (exact) mass is 250 g/mol. The molecule has 2 rings (SSSR count). The molecule has 0 radical (unpaired) electrons. The average molecular weight is 250 g/mol. The number of aliphatic imine (C=N–C) groups is 1. The van der Waals surface area contributed by atoms with Crippen LogP contribution >= 0.6 is 0 Å². The second kappa shape index (κ2) is 4.91. The first kappa shape index (κ1) is 12.2. The number of nitrogens with two attached hydrogens (primary N) is 1. The van der Waals surface area contributed by atoms with E-state index >= 15 is 0 Å². The lowest BCUT2D eigenvalue weighted by atomic mass is 10.2. The van der Waals surface area contributed by atoms with Crippen LogP contribution < -0.4 is 5.73 Å². The summed E-state index contributed by atoms with van der Waals surface area (Å²) in [4.78, 5) is 3.65. The van der Waals surface area contributed by atoms with E-state index in [1.165, 1.54) is 0 Å². The van der Waals surface area contributed by atoms with Crippen LogP contribution in [0.4, 0.5) is 18.9 Å². The van der Waals surface area contributed by atoms with Crippen LogP contribution in [0, 0.1) is 17.5 Å². The first-order valence-electron chi connectivity index (χ1n) is 5.12. The lowest BCUT2D eigenvalue weighted by Crippen LogP contribution is -2.12. The van der Waals surface area contributed by atoms with Crippen molar-refractivity contribution in [2.45, 2.75) is 0 Å². The van der Waals surface area contributed by atoms with Crippen molar-refractivity contribution in [1.82, 2.24) is 0 Å². The summed E-state index contributed by atoms with van der Waals surface area (Å²) in [6, 6.07) is 9.62. The van der Waals surface area contributed by atoms with E-state index in [1.807, 2.05) is 0 Å². The summed E-state index contributed by atoms with van der Waals surface area (Å²) in [7, 11) is 0. The quantitative estimate of drug-likeness (QED) is 0.645. The topological polar surface area (TPSA) is 38.4 Å². The molecule has 0 amide bonds. The van der Waals surface area contributed by atoms with E-state index in [0.29, 0.717) is 17.7 Å². The van der Waals surface area contributed by atoms with E-state index in [2.05, 4.69) is 4.99 Å². The van der Waals surface area contributed by atoms with Gasteiger partial charge in [-0.25, -0.2) is 18.2 Å². The number of nitrogens with zero attached hydrogens (tertiary/aromatic N) is 1. The van der Waals surface area contributed by atoms with Crippen LogP contribution in [0.1, 0.15) is 5.56 Å². The number of rotatable bonds is 2. The molecule has 0 fully saturated rings. The van der Waals surface area contributed by atoms with Gasteiger partial charge in [-0.15, -0.1) is 0 Å². The molecule has 2 nitrogen and oxygen atoms in total. The average Bonchev–Trinajstić information content (AvgIpc) is 2.34. The van der Waals surface area contributed by atoms with Gasteiger partial charge in [0.15, 0.2) is 11.6 Å². The number of benzene rings is 2. The fraction of sp³-hybridized carbons (Fsp3) is 0. The van der Waals surface area contributed by atoms with E-state index in [9.17, 15) is 13.2 Å². The molecule has 0 unspecified atom stereocenters. The van der Waals surface area contributed by atoms with Crippen molar-refractivity contribution in [1.29, 1.82) is 0 Å². The summed E-state index contributed by atoms with van der Waals surface area (Å²) in [6.45, 7) is 0. The van der Waals surface area contributed by atoms with Gasteiger partial charge in [0.05, 0.1) is 0 Å². The third-order valence-electron chi connectivity index (χ3n) is 2.28. The van der Waals surface area contributed by atoms with Gasteiger partial charge in [-0.1, -0.05) is 30.3 Å². The number of amidine groups is 1. The fourth-order valence-electron chi connectivity index (χ4n) is 1.44. The molecule has 0 atom stereocenters. The summed E-state index contributed by atoms with van der Waals surface area (Å²) in [5.41, 5.74) is 5.55. The zero-order chi connectivity index (χ0) is 13.1. The Morgan fingerprint density at radius 1 is 0.944 bits per heavy atom. The fourth-order valence-corrected chi connectivity index (χ4v) is 1.44. The summed E-state index contributed by atoms with van der Waals surface area (Å²) < 4.78 is 39.4. The molecule has 0 spiro atoms. The molecule has 0 heterocycles. The molecule has 18 heavy (non-hydrogen) atoms. The van der Waals surface area contributed by atoms with Gasteiger partial charge < -0.3 is 5.73 Å². The summed E-state index contributed by atoms with van der Waals surface area (Å²) in [5.74, 6) is -3.22. The second-order valence-corrected chi connectivity index (χ2v) is 3.58. The lowest BCUT2D eigenvalue weighted by molar-refractivity contribution is 0.546. The number of hydrogen-bond donors (Lipinski definition) is 1. The van der Waals surface area contributed by atoms with Crippen molar-refractivity contribution < 1.29 is 13.2 Å². The zero-order valence-electron chi connectivity index (χ0n) is 9.20. The van der Waals surface area contributed by atoms with Crippen molar-refractivity contribution in [3.05, 3.63) is 65.5 Å². The Hall–Kier alpha value is -2.30. The molecule has 2 aromatic carbocycles. The van der Waals surface area contributed by atoms with Crippen molar-refractivity contribution in [3.8, 4) is 0 Å². The lowest BCUT2D eigenvalue weighted by Gasteiger charge is -2.03. The van der Waals surface area contributed by atoms with Gasteiger partial charge in [0, 0.05) is 17.7 Å². The SMILES string of the molecule is NC(=Nc1c(F)cc(F)cc1F)c1ccccc1. The summed E-state index contributed by atoms with van der Waals surface area (Å²) >= 11 is 0. The molecule has 2 N–H and O–H groups in total. The van der Waals surface area contributed by atoms with Crippen molar-refractivity contribution >= 4 is 11.5 Å². The minimum absolute atomic E-state index is 0.0417. The maximum Gasteiger partial charge on any atom is 0.154 e. The molecular formula is C13H9F3N2. The smallest absolute Gasteiger partial charge is 0.154 e. The molecule has 0 aliphatic rings. The van der Waals surface area contributed by atoms with Gasteiger partial charge in [-0.3, -0.25) is 0 Å². The van der Waals surface area contributed by atoms with E-state index in [-0.39, 0.29) is 5.84 Å². The van der Waals surface area contributed by atoms with Crippen LogP contribution in [-0.2, 0) is 0 Å². The highest BCUT2D eigenvalue weighted by Gasteiger charge is 2.11. The Balaban J connectivity index is 2.45. The van der Waals surface area contributed by atoms with Crippen molar-refractivity contribution in [3.63, 3.8) is 0 Å². The molecule has 92 valence electrons. The third-order valence-corrected chi connectivity index (χ3v) is 2.28. The van der Waals surface area contributed by atoms with Crippen LogP contribution in [0.2, 0.25) is 0 Å². The maximum atomic E-state index is 13.3. The molecule has 5 heteroatoms. The molecule has 0 saturated heterocycles. The van der Waals surface area contributed by atoms with Gasteiger partial charge in [-0.05, 0) is 0 Å². The van der Waals surface area contributed by atoms with Gasteiger partial charge in [0.1, 0.15) is 17.3 Å². The third kappa shape index (κ3) is 2.51. The first-order valence-corrected chi connectivity index (χ1v) is 5.12. The van der Waals surface area contributed by atoms with Crippen LogP contribution in [0.15, 0.2) is 47.5 Å². The Morgan fingerprint density at radius 2 is 1.50 bits per heavy atom.